The Balaban J connectivity index is 0. The Hall–Kier alpha value is 5.06. The van der Waals surface area contributed by atoms with Crippen LogP contribution in [-0.4, -0.2) is 138 Å². The quantitative estimate of drug-likeness (QED) is 0.415. The Labute approximate surface area is 164 Å². The van der Waals surface area contributed by atoms with Crippen molar-refractivity contribution >= 4 is 138 Å². The van der Waals surface area contributed by atoms with Crippen molar-refractivity contribution in [2.75, 3.05) is 0 Å². The molecule has 0 nitrogen and oxygen atoms in total. The first-order valence-electron chi connectivity index (χ1n) is 0. The maximum absolute atomic E-state index is 0. The number of hydrogen-bond acceptors (Lipinski definition) is 0. The van der Waals surface area contributed by atoms with Crippen LogP contribution in [0.3, 0.4) is 0 Å². The molecule has 6 heavy (non-hydrogen) atoms. The van der Waals surface area contributed by atoms with Crippen LogP contribution in [0.2, 0.25) is 0 Å². The van der Waals surface area contributed by atoms with E-state index in [1.807, 2.05) is 0 Å². The molecular formula is H13AlBaCaMgSiTi. The zero-order valence-electron chi connectivity index (χ0n) is 8.62. The van der Waals surface area contributed by atoms with E-state index in [1.54, 1.807) is 0 Å². The average Bonchev–Trinajstić information content (AvgIpc) is 0. The van der Waals surface area contributed by atoms with Gasteiger partial charge in [0, 0.05) is 21.7 Å². The van der Waals surface area contributed by atoms with Crippen LogP contribution < -0.4 is 0 Å². The van der Waals surface area contributed by atoms with E-state index < -0.39 is 0 Å². The zero-order chi connectivity index (χ0) is 0. The SMILES string of the molecule is [AlH3].[Ba+2].[Ca+2].[H-].[H-].[H-].[H-].[H-].[H-].[Mg+2].[SiH4].[Ti]. The van der Waals surface area contributed by atoms with E-state index in [2.05, 4.69) is 0 Å². The van der Waals surface area contributed by atoms with Crippen LogP contribution in [0.15, 0.2) is 0 Å². The Morgan fingerprint density at radius 3 is 1.17 bits per heavy atom. The molecule has 0 rings (SSSR count). The third-order valence-electron chi connectivity index (χ3n) is 0. The molecule has 30 valence electrons. The first-order valence-corrected chi connectivity index (χ1v) is 0. The van der Waals surface area contributed by atoms with Gasteiger partial charge in [0.15, 0.2) is 17.4 Å². The Morgan fingerprint density at radius 2 is 1.17 bits per heavy atom. The summed E-state index contributed by atoms with van der Waals surface area (Å²) < 4.78 is 0. The first-order chi connectivity index (χ1) is 0. The van der Waals surface area contributed by atoms with Gasteiger partial charge >= 0.3 is 110 Å². The average molecular weight is 318 g/mol. The van der Waals surface area contributed by atoms with Crippen molar-refractivity contribution in [2.24, 2.45) is 0 Å². The van der Waals surface area contributed by atoms with Crippen molar-refractivity contribution in [3.8, 4) is 0 Å². The fraction of sp³-hybridized carbons (Fsp3) is 0. The molecule has 0 saturated heterocycles. The van der Waals surface area contributed by atoms with Gasteiger partial charge in [0.2, 0.25) is 0 Å². The van der Waals surface area contributed by atoms with E-state index in [0.717, 1.165) is 0 Å². The molecule has 0 bridgehead atoms. The second-order valence-electron chi connectivity index (χ2n) is 0. The van der Waals surface area contributed by atoms with Crippen molar-refractivity contribution in [3.05, 3.63) is 0 Å². The van der Waals surface area contributed by atoms with E-state index in [1.165, 1.54) is 0 Å². The maximum atomic E-state index is 0. The molecule has 0 amide bonds. The minimum atomic E-state index is 0. The molecule has 0 aromatic heterocycles. The van der Waals surface area contributed by atoms with Gasteiger partial charge in [-0.15, -0.1) is 0 Å². The molecule has 0 aliphatic rings. The van der Waals surface area contributed by atoms with E-state index in [9.17, 15) is 0 Å². The molecule has 0 aliphatic heterocycles. The van der Waals surface area contributed by atoms with Gasteiger partial charge in [-0.2, -0.15) is 0 Å². The summed E-state index contributed by atoms with van der Waals surface area (Å²) in [5.41, 5.74) is 0. The molecule has 0 atom stereocenters. The van der Waals surface area contributed by atoms with Gasteiger partial charge < -0.3 is 8.56 Å². The number of hydrogen-bond donors (Lipinski definition) is 0. The summed E-state index contributed by atoms with van der Waals surface area (Å²) in [7, 11) is 0. The van der Waals surface area contributed by atoms with Crippen molar-refractivity contribution in [1.29, 1.82) is 0 Å². The molecule has 0 unspecified atom stereocenters. The molecule has 0 heterocycles. The third-order valence-corrected chi connectivity index (χ3v) is 0. The second-order valence-corrected chi connectivity index (χ2v) is 0. The predicted octanol–water partition coefficient (Wildman–Crippen LogP) is -3.11. The topological polar surface area (TPSA) is 0 Å². The maximum Gasteiger partial charge on any atom is 2.00 e. The van der Waals surface area contributed by atoms with Crippen LogP contribution >= 0.6 is 0 Å². The molecular weight excluding hydrogens is 305 g/mol. The summed E-state index contributed by atoms with van der Waals surface area (Å²) >= 11 is 0. The number of rotatable bonds is 0. The Morgan fingerprint density at radius 1 is 1.17 bits per heavy atom. The molecule has 0 spiro atoms. The summed E-state index contributed by atoms with van der Waals surface area (Å²) in [5.74, 6) is 0. The van der Waals surface area contributed by atoms with Gasteiger partial charge in [-0.3, -0.25) is 0 Å². The molecule has 0 saturated carbocycles. The summed E-state index contributed by atoms with van der Waals surface area (Å²) in [4.78, 5) is 0. The minimum absolute atomic E-state index is 0. The van der Waals surface area contributed by atoms with Crippen LogP contribution in [0, 0.1) is 0 Å². The van der Waals surface area contributed by atoms with E-state index in [0.29, 0.717) is 0 Å². The molecule has 0 fully saturated rings. The van der Waals surface area contributed by atoms with Crippen LogP contribution in [-0.2, 0) is 21.7 Å². The smallest absolute Gasteiger partial charge is 1.00 e. The monoisotopic (exact) mass is 318 g/mol. The molecule has 0 aromatic carbocycles. The van der Waals surface area contributed by atoms with Gasteiger partial charge in [-0.1, -0.05) is 0 Å². The molecule has 6 heteroatoms. The first kappa shape index (κ1) is 43.7. The minimum Gasteiger partial charge on any atom is -1.00 e. The Kier molecular flexibility index (Phi) is 235. The normalized spacial score (nSPS) is 0. The van der Waals surface area contributed by atoms with E-state index in [-0.39, 0.29) is 168 Å². The Bertz CT molecular complexity index is 27.5. The van der Waals surface area contributed by atoms with Gasteiger partial charge in [-0.05, 0) is 11.0 Å². The van der Waals surface area contributed by atoms with Crippen LogP contribution in [0.1, 0.15) is 8.56 Å². The fourth-order valence-electron chi connectivity index (χ4n) is 0. The summed E-state index contributed by atoms with van der Waals surface area (Å²) in [6.45, 7) is 0. The van der Waals surface area contributed by atoms with Crippen molar-refractivity contribution < 1.29 is 30.3 Å². The standard InChI is InChI=1S/Al.Ba.Ca.Mg.H4Si.Ti.9H/h;;;;1H4;;;;;;;;;;/q;3*+2;;;;;;6*-1. The molecule has 0 radical (unpaired) electrons. The summed E-state index contributed by atoms with van der Waals surface area (Å²) in [6.07, 6.45) is 0. The van der Waals surface area contributed by atoms with Gasteiger partial charge in [0.25, 0.3) is 0 Å². The fourth-order valence-corrected chi connectivity index (χ4v) is 0. The molecule has 0 N–H and O–H groups in total. The predicted molar refractivity (Wildman–Crippen MR) is 45.2 cm³/mol. The largest absolute Gasteiger partial charge is 2.00 e. The van der Waals surface area contributed by atoms with E-state index in [4.69, 9.17) is 0 Å². The van der Waals surface area contributed by atoms with Crippen molar-refractivity contribution in [2.45, 2.75) is 0 Å². The second kappa shape index (κ2) is 32.2. The van der Waals surface area contributed by atoms with Gasteiger partial charge in [0.05, 0.1) is 0 Å². The summed E-state index contributed by atoms with van der Waals surface area (Å²) in [6, 6.07) is 0. The van der Waals surface area contributed by atoms with Gasteiger partial charge in [-0.25, -0.2) is 0 Å². The zero-order valence-corrected chi connectivity index (χ0v) is 12.2. The van der Waals surface area contributed by atoms with Crippen molar-refractivity contribution in [1.82, 2.24) is 0 Å². The summed E-state index contributed by atoms with van der Waals surface area (Å²) in [5, 5.41) is 0. The van der Waals surface area contributed by atoms with E-state index >= 15 is 0 Å². The third kappa shape index (κ3) is 23.0. The van der Waals surface area contributed by atoms with Crippen LogP contribution in [0.4, 0.5) is 0 Å². The molecule has 0 aliphatic carbocycles. The molecule has 0 aromatic rings. The van der Waals surface area contributed by atoms with Crippen LogP contribution in [0.5, 0.6) is 0 Å². The van der Waals surface area contributed by atoms with Crippen LogP contribution in [0.25, 0.3) is 0 Å². The van der Waals surface area contributed by atoms with Gasteiger partial charge in [0.1, 0.15) is 0 Å². The van der Waals surface area contributed by atoms with Crippen molar-refractivity contribution in [3.63, 3.8) is 0 Å².